The summed E-state index contributed by atoms with van der Waals surface area (Å²) in [5.74, 6) is -0.213. The predicted molar refractivity (Wildman–Crippen MR) is 108 cm³/mol. The average molecular weight is 398 g/mol. The molecule has 0 aliphatic heterocycles. The van der Waals surface area contributed by atoms with Crippen molar-refractivity contribution in [3.8, 4) is 0 Å². The first-order valence-corrected chi connectivity index (χ1v) is 11.3. The maximum absolute atomic E-state index is 12.7. The highest BCUT2D eigenvalue weighted by Crippen LogP contribution is 2.43. The van der Waals surface area contributed by atoms with Crippen LogP contribution in [0.25, 0.3) is 11.0 Å². The van der Waals surface area contributed by atoms with Crippen molar-refractivity contribution in [1.82, 2.24) is 14.9 Å². The summed E-state index contributed by atoms with van der Waals surface area (Å²) in [6.45, 7) is 0.477. The van der Waals surface area contributed by atoms with Crippen molar-refractivity contribution in [2.75, 3.05) is 12.8 Å². The van der Waals surface area contributed by atoms with Crippen molar-refractivity contribution in [2.24, 2.45) is 0 Å². The summed E-state index contributed by atoms with van der Waals surface area (Å²) in [6, 6.07) is 17.4. The third-order valence-electron chi connectivity index (χ3n) is 5.57. The Labute approximate surface area is 164 Å². The van der Waals surface area contributed by atoms with E-state index in [1.165, 1.54) is 10.1 Å². The van der Waals surface area contributed by atoms with Crippen LogP contribution in [0.15, 0.2) is 59.8 Å². The number of amides is 1. The summed E-state index contributed by atoms with van der Waals surface area (Å²) in [5.41, 5.74) is 2.43. The molecular formula is C21H23N3O3S. The number of hydrogen-bond donors (Lipinski definition) is 1. The van der Waals surface area contributed by atoms with Crippen molar-refractivity contribution in [3.63, 3.8) is 0 Å². The highest BCUT2D eigenvalue weighted by atomic mass is 32.2. The Morgan fingerprint density at radius 2 is 1.79 bits per heavy atom. The molecule has 1 saturated carbocycles. The van der Waals surface area contributed by atoms with Crippen LogP contribution in [-0.2, 0) is 26.6 Å². The zero-order valence-corrected chi connectivity index (χ0v) is 16.6. The summed E-state index contributed by atoms with van der Waals surface area (Å²) in [6.07, 6.45) is 4.34. The number of sulfone groups is 1. The second-order valence-corrected chi connectivity index (χ2v) is 9.43. The number of imidazole rings is 1. The maximum atomic E-state index is 12.7. The van der Waals surface area contributed by atoms with E-state index in [9.17, 15) is 13.2 Å². The zero-order valence-electron chi connectivity index (χ0n) is 15.8. The number of nitrogens with one attached hydrogen (secondary N) is 1. The molecule has 1 aliphatic carbocycles. The SMILES string of the molecule is CS(=O)(=O)c1nc2ccccc2n1CC(=O)NCC1(c2ccccc2)CCC1. The van der Waals surface area contributed by atoms with Crippen LogP contribution in [0, 0.1) is 0 Å². The molecule has 1 amide bonds. The quantitative estimate of drug-likeness (QED) is 0.693. The highest BCUT2D eigenvalue weighted by molar-refractivity contribution is 7.90. The van der Waals surface area contributed by atoms with E-state index in [2.05, 4.69) is 22.4 Å². The largest absolute Gasteiger partial charge is 0.354 e. The first-order chi connectivity index (χ1) is 13.4. The summed E-state index contributed by atoms with van der Waals surface area (Å²) in [7, 11) is -3.55. The van der Waals surface area contributed by atoms with Crippen LogP contribution in [-0.4, -0.2) is 36.7 Å². The molecule has 3 aromatic rings. The van der Waals surface area contributed by atoms with Crippen molar-refractivity contribution in [1.29, 1.82) is 0 Å². The number of aromatic nitrogens is 2. The van der Waals surface area contributed by atoms with Gasteiger partial charge < -0.3 is 9.88 Å². The number of para-hydroxylation sites is 2. The molecule has 0 unspecified atom stereocenters. The van der Waals surface area contributed by atoms with E-state index in [-0.39, 0.29) is 23.0 Å². The lowest BCUT2D eigenvalue weighted by molar-refractivity contribution is -0.122. The van der Waals surface area contributed by atoms with Gasteiger partial charge in [0.05, 0.1) is 11.0 Å². The lowest BCUT2D eigenvalue weighted by atomic mass is 9.64. The molecule has 4 rings (SSSR count). The van der Waals surface area contributed by atoms with Crippen LogP contribution < -0.4 is 5.32 Å². The van der Waals surface area contributed by atoms with Crippen LogP contribution in [0.2, 0.25) is 0 Å². The van der Waals surface area contributed by atoms with Gasteiger partial charge in [0.15, 0.2) is 0 Å². The molecule has 1 N–H and O–H groups in total. The third kappa shape index (κ3) is 3.42. The molecule has 0 saturated heterocycles. The topological polar surface area (TPSA) is 81.1 Å². The van der Waals surface area contributed by atoms with Crippen molar-refractivity contribution in [2.45, 2.75) is 36.4 Å². The Morgan fingerprint density at radius 3 is 2.43 bits per heavy atom. The Kier molecular flexibility index (Phi) is 4.71. The smallest absolute Gasteiger partial charge is 0.240 e. The number of carbonyl (C=O) groups is 1. The Hall–Kier alpha value is -2.67. The molecule has 2 aromatic carbocycles. The van der Waals surface area contributed by atoms with Crippen LogP contribution >= 0.6 is 0 Å². The zero-order chi connectivity index (χ0) is 19.8. The van der Waals surface area contributed by atoms with Gasteiger partial charge in [-0.3, -0.25) is 4.79 Å². The van der Waals surface area contributed by atoms with E-state index in [1.54, 1.807) is 18.2 Å². The van der Waals surface area contributed by atoms with Gasteiger partial charge in [0.25, 0.3) is 0 Å². The van der Waals surface area contributed by atoms with E-state index in [0.29, 0.717) is 17.6 Å². The molecular weight excluding hydrogens is 374 g/mol. The minimum atomic E-state index is -3.55. The fourth-order valence-electron chi connectivity index (χ4n) is 3.92. The number of benzene rings is 2. The van der Waals surface area contributed by atoms with Gasteiger partial charge in [-0.2, -0.15) is 0 Å². The molecule has 6 nitrogen and oxygen atoms in total. The standard InChI is InChI=1S/C21H23N3O3S/c1-28(26,27)20-23-17-10-5-6-11-18(17)24(20)14-19(25)22-15-21(12-7-13-21)16-8-3-2-4-9-16/h2-6,8-11H,7,12-15H2,1H3,(H,22,25). The fourth-order valence-corrected chi connectivity index (χ4v) is 4.75. The van der Waals surface area contributed by atoms with E-state index >= 15 is 0 Å². The van der Waals surface area contributed by atoms with Gasteiger partial charge >= 0.3 is 0 Å². The number of hydrogen-bond acceptors (Lipinski definition) is 4. The Bertz CT molecular complexity index is 1120. The summed E-state index contributed by atoms with van der Waals surface area (Å²) in [5, 5.41) is 2.94. The van der Waals surface area contributed by atoms with E-state index < -0.39 is 9.84 Å². The predicted octanol–water partition coefficient (Wildman–Crippen LogP) is 2.68. The first kappa shape index (κ1) is 18.7. The molecule has 7 heteroatoms. The Balaban J connectivity index is 1.55. The second-order valence-electron chi connectivity index (χ2n) is 7.52. The van der Waals surface area contributed by atoms with Gasteiger partial charge in [0.2, 0.25) is 20.9 Å². The number of fused-ring (bicyclic) bond motifs is 1. The number of carbonyl (C=O) groups excluding carboxylic acids is 1. The summed E-state index contributed by atoms with van der Waals surface area (Å²) in [4.78, 5) is 16.9. The van der Waals surface area contributed by atoms with Gasteiger partial charge in [-0.25, -0.2) is 13.4 Å². The minimum Gasteiger partial charge on any atom is -0.354 e. The molecule has 0 bridgehead atoms. The van der Waals surface area contributed by atoms with Gasteiger partial charge in [0, 0.05) is 18.2 Å². The highest BCUT2D eigenvalue weighted by Gasteiger charge is 2.38. The van der Waals surface area contributed by atoms with Gasteiger partial charge in [-0.1, -0.05) is 48.9 Å². The van der Waals surface area contributed by atoms with Crippen LogP contribution in [0.1, 0.15) is 24.8 Å². The van der Waals surface area contributed by atoms with Crippen LogP contribution in [0.5, 0.6) is 0 Å². The monoisotopic (exact) mass is 397 g/mol. The van der Waals surface area contributed by atoms with Crippen molar-refractivity contribution >= 4 is 26.8 Å². The van der Waals surface area contributed by atoms with E-state index in [4.69, 9.17) is 0 Å². The molecule has 0 atom stereocenters. The fraction of sp³-hybridized carbons (Fsp3) is 0.333. The summed E-state index contributed by atoms with van der Waals surface area (Å²) >= 11 is 0. The normalized spacial score (nSPS) is 15.9. The third-order valence-corrected chi connectivity index (χ3v) is 6.55. The van der Waals surface area contributed by atoms with E-state index in [0.717, 1.165) is 25.5 Å². The number of rotatable bonds is 6. The number of nitrogens with zero attached hydrogens (tertiary/aromatic N) is 2. The maximum Gasteiger partial charge on any atom is 0.240 e. The first-order valence-electron chi connectivity index (χ1n) is 9.37. The molecule has 1 heterocycles. The van der Waals surface area contributed by atoms with Crippen molar-refractivity contribution in [3.05, 3.63) is 60.2 Å². The Morgan fingerprint density at radius 1 is 1.11 bits per heavy atom. The summed E-state index contributed by atoms with van der Waals surface area (Å²) < 4.78 is 25.8. The lowest BCUT2D eigenvalue weighted by Crippen LogP contribution is -2.46. The van der Waals surface area contributed by atoms with Crippen LogP contribution in [0.3, 0.4) is 0 Å². The van der Waals surface area contributed by atoms with Crippen molar-refractivity contribution < 1.29 is 13.2 Å². The van der Waals surface area contributed by atoms with Gasteiger partial charge in [-0.05, 0) is 30.5 Å². The molecule has 0 radical (unpaired) electrons. The van der Waals surface area contributed by atoms with Crippen LogP contribution in [0.4, 0.5) is 0 Å². The lowest BCUT2D eigenvalue weighted by Gasteiger charge is -2.42. The molecule has 0 spiro atoms. The van der Waals surface area contributed by atoms with E-state index in [1.807, 2.05) is 24.3 Å². The second kappa shape index (κ2) is 7.05. The van der Waals surface area contributed by atoms with Gasteiger partial charge in [0.1, 0.15) is 6.54 Å². The molecule has 1 aliphatic rings. The average Bonchev–Trinajstić information content (AvgIpc) is 3.01. The molecule has 146 valence electrons. The van der Waals surface area contributed by atoms with Gasteiger partial charge in [-0.15, -0.1) is 0 Å². The molecule has 28 heavy (non-hydrogen) atoms. The minimum absolute atomic E-state index is 0.0202. The molecule has 1 fully saturated rings. The molecule has 1 aromatic heterocycles.